The van der Waals surface area contributed by atoms with Gasteiger partial charge in [-0.15, -0.1) is 15.3 Å². The van der Waals surface area contributed by atoms with Gasteiger partial charge in [-0.05, 0) is 11.6 Å². The fourth-order valence-corrected chi connectivity index (χ4v) is 4.36. The Morgan fingerprint density at radius 3 is 2.68 bits per heavy atom. The Morgan fingerprint density at radius 2 is 1.95 bits per heavy atom. The summed E-state index contributed by atoms with van der Waals surface area (Å²) in [6.07, 6.45) is 8.81. The molecule has 1 aromatic carbocycles. The van der Waals surface area contributed by atoms with E-state index in [1.54, 1.807) is 0 Å². The topological polar surface area (TPSA) is 12.9 Å². The van der Waals surface area contributed by atoms with Gasteiger partial charge in [-0.3, -0.25) is 4.98 Å². The largest absolute Gasteiger partial charge is 0.256 e. The van der Waals surface area contributed by atoms with Gasteiger partial charge >= 0.3 is 0 Å². The van der Waals surface area contributed by atoms with Crippen molar-refractivity contribution in [3.63, 3.8) is 0 Å². The van der Waals surface area contributed by atoms with E-state index in [1.165, 1.54) is 16.1 Å². The van der Waals surface area contributed by atoms with Gasteiger partial charge in [0, 0.05) is 17.5 Å². The molecule has 1 nitrogen and oxygen atoms in total. The molecule has 0 fully saturated rings. The Hall–Kier alpha value is -1.19. The van der Waals surface area contributed by atoms with Crippen molar-refractivity contribution in [3.8, 4) is 0 Å². The Balaban J connectivity index is 2.08. The molecule has 1 atom stereocenters. The summed E-state index contributed by atoms with van der Waals surface area (Å²) in [6, 6.07) is 10.5. The number of fused-ring (bicyclic) bond motifs is 1. The maximum atomic E-state index is 4.55. The molecule has 2 aromatic rings. The zero-order valence-corrected chi connectivity index (χ0v) is 13.7. The van der Waals surface area contributed by atoms with Crippen LogP contribution in [0.1, 0.15) is 11.5 Å². The lowest BCUT2D eigenvalue weighted by Gasteiger charge is -2.14. The zero-order chi connectivity index (χ0) is 13.5. The van der Waals surface area contributed by atoms with E-state index in [4.69, 9.17) is 0 Å². The minimum atomic E-state index is -1.40. The first-order valence-electron chi connectivity index (χ1n) is 6.49. The van der Waals surface area contributed by atoms with Gasteiger partial charge in [-0.1, -0.05) is 60.8 Å². The van der Waals surface area contributed by atoms with Crippen LogP contribution in [0.25, 0.3) is 10.9 Å². The van der Waals surface area contributed by atoms with E-state index in [9.17, 15) is 0 Å². The summed E-state index contributed by atoms with van der Waals surface area (Å²) in [6.45, 7) is 3.22. The zero-order valence-electron chi connectivity index (χ0n) is 11.1. The number of para-hydroxylation sites is 1. The van der Waals surface area contributed by atoms with Crippen LogP contribution in [-0.4, -0.2) is 11.7 Å². The second-order valence-corrected chi connectivity index (χ2v) is 14.9. The molecule has 0 aliphatic heterocycles. The lowest BCUT2D eigenvalue weighted by Crippen LogP contribution is -2.17. The lowest BCUT2D eigenvalue weighted by atomic mass is 9.98. The van der Waals surface area contributed by atoms with E-state index < -0.39 is 6.69 Å². The second-order valence-electron chi connectivity index (χ2n) is 5.40. The molecular weight excluding hydrogens is 314 g/mol. The first-order valence-corrected chi connectivity index (χ1v) is 11.7. The Morgan fingerprint density at radius 1 is 1.16 bits per heavy atom. The highest BCUT2D eigenvalue weighted by Gasteiger charge is 2.25. The van der Waals surface area contributed by atoms with Crippen LogP contribution in [0.5, 0.6) is 0 Å². The number of benzene rings is 1. The smallest absolute Gasteiger partial charge is 0.154 e. The van der Waals surface area contributed by atoms with Crippen LogP contribution < -0.4 is 0 Å². The van der Waals surface area contributed by atoms with E-state index in [1.807, 2.05) is 12.3 Å². The Labute approximate surface area is 122 Å². The molecule has 96 valence electrons. The summed E-state index contributed by atoms with van der Waals surface area (Å²) in [4.78, 5) is 4.55. The number of halogens is 1. The Bertz CT molecular complexity index is 677. The van der Waals surface area contributed by atoms with Crippen LogP contribution in [0.3, 0.4) is 0 Å². The quantitative estimate of drug-likeness (QED) is 0.560. The van der Waals surface area contributed by atoms with Gasteiger partial charge in [0.1, 0.15) is 0 Å². The molecule has 0 radical (unpaired) electrons. The molecule has 0 saturated carbocycles. The number of rotatable bonds is 2. The maximum absolute atomic E-state index is 4.55. The molecule has 19 heavy (non-hydrogen) atoms. The van der Waals surface area contributed by atoms with Gasteiger partial charge in [0.25, 0.3) is 0 Å². The first-order chi connectivity index (χ1) is 9.05. The van der Waals surface area contributed by atoms with Gasteiger partial charge in [0.05, 0.1) is 5.52 Å². The molecule has 3 rings (SSSR count). The summed E-state index contributed by atoms with van der Waals surface area (Å²) in [5.74, 6) is 0.359. The molecule has 0 saturated heterocycles. The molecule has 0 amide bonds. The summed E-state index contributed by atoms with van der Waals surface area (Å²) in [7, 11) is 0. The standard InChI is InChI=1S/C16H16BrNSi/c1-19(2,17)14-9-8-13(11-14)15-7-3-5-12-6-4-10-18-16(12)15/h3-11,13H,1-2H3. The van der Waals surface area contributed by atoms with Crippen LogP contribution in [0.2, 0.25) is 13.1 Å². The van der Waals surface area contributed by atoms with Crippen LogP contribution in [0.15, 0.2) is 60.0 Å². The predicted molar refractivity (Wildman–Crippen MR) is 88.1 cm³/mol. The highest BCUT2D eigenvalue weighted by Crippen LogP contribution is 2.35. The van der Waals surface area contributed by atoms with Crippen molar-refractivity contribution >= 4 is 32.9 Å². The van der Waals surface area contributed by atoms with Crippen molar-refractivity contribution in [2.45, 2.75) is 19.0 Å². The van der Waals surface area contributed by atoms with Crippen LogP contribution in [0, 0.1) is 0 Å². The van der Waals surface area contributed by atoms with Gasteiger partial charge in [-0.2, -0.15) is 0 Å². The van der Waals surface area contributed by atoms with E-state index in [0.29, 0.717) is 5.92 Å². The number of hydrogen-bond donors (Lipinski definition) is 0. The monoisotopic (exact) mass is 329 g/mol. The molecule has 0 N–H and O–H groups in total. The van der Waals surface area contributed by atoms with Crippen molar-refractivity contribution in [1.82, 2.24) is 4.98 Å². The summed E-state index contributed by atoms with van der Waals surface area (Å²) >= 11 is 3.86. The van der Waals surface area contributed by atoms with Crippen LogP contribution >= 0.6 is 15.3 Å². The minimum Gasteiger partial charge on any atom is -0.256 e. The van der Waals surface area contributed by atoms with Crippen LogP contribution in [0.4, 0.5) is 0 Å². The summed E-state index contributed by atoms with van der Waals surface area (Å²) < 4.78 is 0. The average molecular weight is 330 g/mol. The van der Waals surface area contributed by atoms with Crippen molar-refractivity contribution < 1.29 is 0 Å². The van der Waals surface area contributed by atoms with Gasteiger partial charge < -0.3 is 0 Å². The third kappa shape index (κ3) is 2.45. The molecular formula is C16H16BrNSi. The summed E-state index contributed by atoms with van der Waals surface area (Å²) in [5.41, 5.74) is 2.42. The predicted octanol–water partition coefficient (Wildman–Crippen LogP) is 4.95. The minimum absolute atomic E-state index is 0.359. The average Bonchev–Trinajstić information content (AvgIpc) is 2.87. The van der Waals surface area contributed by atoms with Crippen molar-refractivity contribution in [1.29, 1.82) is 0 Å². The van der Waals surface area contributed by atoms with Gasteiger partial charge in [-0.25, -0.2) is 0 Å². The molecule has 1 heterocycles. The molecule has 3 heteroatoms. The normalized spacial score (nSPS) is 18.9. The van der Waals surface area contributed by atoms with Gasteiger partial charge in [0.2, 0.25) is 0 Å². The van der Waals surface area contributed by atoms with Crippen molar-refractivity contribution in [3.05, 3.63) is 65.5 Å². The number of pyridine rings is 1. The molecule has 1 unspecified atom stereocenters. The third-order valence-corrected chi connectivity index (χ3v) is 6.63. The molecule has 1 aliphatic rings. The molecule has 0 bridgehead atoms. The number of allylic oxidation sites excluding steroid dienone is 4. The van der Waals surface area contributed by atoms with E-state index >= 15 is 0 Å². The van der Waals surface area contributed by atoms with E-state index in [0.717, 1.165) is 5.52 Å². The van der Waals surface area contributed by atoms with Crippen molar-refractivity contribution in [2.24, 2.45) is 0 Å². The summed E-state index contributed by atoms with van der Waals surface area (Å²) in [5, 5.41) is 2.68. The number of nitrogens with zero attached hydrogens (tertiary/aromatic N) is 1. The fourth-order valence-electron chi connectivity index (χ4n) is 2.50. The Kier molecular flexibility index (Phi) is 3.19. The van der Waals surface area contributed by atoms with Crippen LogP contribution in [-0.2, 0) is 0 Å². The van der Waals surface area contributed by atoms with Gasteiger partial charge in [0.15, 0.2) is 6.69 Å². The molecule has 1 aliphatic carbocycles. The first kappa shape index (κ1) is 12.8. The van der Waals surface area contributed by atoms with E-state index in [2.05, 4.69) is 75.9 Å². The maximum Gasteiger partial charge on any atom is 0.154 e. The fraction of sp³-hybridized carbons (Fsp3) is 0.188. The van der Waals surface area contributed by atoms with Crippen molar-refractivity contribution in [2.75, 3.05) is 0 Å². The highest BCUT2D eigenvalue weighted by atomic mass is 79.9. The number of aromatic nitrogens is 1. The second kappa shape index (κ2) is 4.73. The lowest BCUT2D eigenvalue weighted by molar-refractivity contribution is 1.11. The van der Waals surface area contributed by atoms with E-state index in [-0.39, 0.29) is 0 Å². The SMILES string of the molecule is C[Si](C)(Br)C1=CC(c2cccc3cccnc23)C=C1. The molecule has 0 spiro atoms. The number of hydrogen-bond acceptors (Lipinski definition) is 1. The molecule has 1 aromatic heterocycles. The highest BCUT2D eigenvalue weighted by molar-refractivity contribution is 9.26. The third-order valence-electron chi connectivity index (χ3n) is 3.55.